The molecule has 0 aliphatic rings. The van der Waals surface area contributed by atoms with Gasteiger partial charge in [0.25, 0.3) is 5.69 Å². The van der Waals surface area contributed by atoms with Gasteiger partial charge >= 0.3 is 5.97 Å². The summed E-state index contributed by atoms with van der Waals surface area (Å²) in [5.41, 5.74) is -0.371. The summed E-state index contributed by atoms with van der Waals surface area (Å²) in [5.74, 6) is -0.831. The molecular formula is C12H9N3O6. The highest BCUT2D eigenvalue weighted by molar-refractivity contribution is 5.84. The van der Waals surface area contributed by atoms with Gasteiger partial charge in [0, 0.05) is 6.07 Å². The van der Waals surface area contributed by atoms with Crippen molar-refractivity contribution in [1.82, 2.24) is 9.97 Å². The molecule has 0 amide bonds. The number of carbonyl (C=O) groups is 1. The average Bonchev–Trinajstić information content (AvgIpc) is 2.48. The Bertz CT molecular complexity index is 686. The van der Waals surface area contributed by atoms with Crippen molar-refractivity contribution in [1.29, 1.82) is 0 Å². The molecule has 1 aromatic heterocycles. The lowest BCUT2D eigenvalue weighted by atomic mass is 10.3. The van der Waals surface area contributed by atoms with E-state index in [2.05, 4.69) is 9.97 Å². The lowest BCUT2D eigenvalue weighted by molar-refractivity contribution is -0.384. The summed E-state index contributed by atoms with van der Waals surface area (Å²) < 4.78 is 10.4. The lowest BCUT2D eigenvalue weighted by Gasteiger charge is -2.08. The third kappa shape index (κ3) is 3.21. The van der Waals surface area contributed by atoms with Gasteiger partial charge in [-0.2, -0.15) is 0 Å². The fourth-order valence-corrected chi connectivity index (χ4v) is 1.45. The molecule has 0 saturated carbocycles. The van der Waals surface area contributed by atoms with E-state index in [0.29, 0.717) is 0 Å². The fourth-order valence-electron chi connectivity index (χ4n) is 1.45. The molecule has 9 nitrogen and oxygen atoms in total. The number of methoxy groups -OCH3 is 1. The smallest absolute Gasteiger partial charge is 0.356 e. The van der Waals surface area contributed by atoms with Crippen LogP contribution in [0, 0.1) is 10.1 Å². The zero-order chi connectivity index (χ0) is 15.4. The van der Waals surface area contributed by atoms with E-state index in [1.807, 2.05) is 0 Å². The molecule has 0 fully saturated rings. The predicted octanol–water partition coefficient (Wildman–Crippen LogP) is 1.88. The second-order valence-corrected chi connectivity index (χ2v) is 3.74. The van der Waals surface area contributed by atoms with Crippen molar-refractivity contribution in [2.75, 3.05) is 7.11 Å². The van der Waals surface area contributed by atoms with E-state index in [-0.39, 0.29) is 28.8 Å². The molecule has 108 valence electrons. The van der Waals surface area contributed by atoms with E-state index in [9.17, 15) is 14.9 Å². The number of ether oxygens (including phenoxy) is 2. The van der Waals surface area contributed by atoms with Gasteiger partial charge in [0.05, 0.1) is 30.5 Å². The van der Waals surface area contributed by atoms with Crippen LogP contribution in [0.25, 0.3) is 0 Å². The first-order valence-corrected chi connectivity index (χ1v) is 5.57. The van der Waals surface area contributed by atoms with Crippen molar-refractivity contribution in [2.24, 2.45) is 0 Å². The van der Waals surface area contributed by atoms with Crippen molar-refractivity contribution in [3.05, 3.63) is 46.4 Å². The van der Waals surface area contributed by atoms with Crippen LogP contribution in [0.4, 0.5) is 5.69 Å². The minimum absolute atomic E-state index is 0.0344. The number of hydrogen-bond donors (Lipinski definition) is 1. The minimum Gasteiger partial charge on any atom is -0.493 e. The zero-order valence-electron chi connectivity index (χ0n) is 10.7. The van der Waals surface area contributed by atoms with E-state index in [1.54, 1.807) is 0 Å². The van der Waals surface area contributed by atoms with Gasteiger partial charge < -0.3 is 14.6 Å². The largest absolute Gasteiger partial charge is 0.493 e. The molecule has 0 bridgehead atoms. The van der Waals surface area contributed by atoms with Crippen LogP contribution in [-0.2, 0) is 0 Å². The number of hydrogen-bond acceptors (Lipinski definition) is 7. The molecule has 21 heavy (non-hydrogen) atoms. The van der Waals surface area contributed by atoms with Crippen LogP contribution < -0.4 is 9.47 Å². The van der Waals surface area contributed by atoms with Crippen LogP contribution in [0.5, 0.6) is 17.4 Å². The first-order valence-electron chi connectivity index (χ1n) is 5.57. The second kappa shape index (κ2) is 5.82. The van der Waals surface area contributed by atoms with E-state index in [1.165, 1.54) is 25.3 Å². The van der Waals surface area contributed by atoms with Crippen molar-refractivity contribution in [2.45, 2.75) is 0 Å². The predicted molar refractivity (Wildman–Crippen MR) is 68.7 cm³/mol. The average molecular weight is 291 g/mol. The van der Waals surface area contributed by atoms with Crippen molar-refractivity contribution in [3.63, 3.8) is 0 Å². The Hall–Kier alpha value is -3.23. The third-order valence-corrected chi connectivity index (χ3v) is 2.42. The maximum absolute atomic E-state index is 10.7. The van der Waals surface area contributed by atoms with Crippen molar-refractivity contribution < 1.29 is 24.3 Å². The summed E-state index contributed by atoms with van der Waals surface area (Å²) >= 11 is 0. The number of nitro groups is 1. The molecule has 0 atom stereocenters. The summed E-state index contributed by atoms with van der Waals surface area (Å²) in [6.07, 6.45) is 2.17. The highest BCUT2D eigenvalue weighted by Crippen LogP contribution is 2.33. The maximum Gasteiger partial charge on any atom is 0.356 e. The molecule has 0 saturated heterocycles. The normalized spacial score (nSPS) is 9.95. The number of nitrogens with zero attached hydrogens (tertiary/aromatic N) is 3. The van der Waals surface area contributed by atoms with Gasteiger partial charge in [0.1, 0.15) is 0 Å². The Balaban J connectivity index is 2.26. The summed E-state index contributed by atoms with van der Waals surface area (Å²) in [6, 6.07) is 3.80. The van der Waals surface area contributed by atoms with Gasteiger partial charge in [-0.3, -0.25) is 10.1 Å². The van der Waals surface area contributed by atoms with Crippen molar-refractivity contribution >= 4 is 11.7 Å². The Labute approximate surface area is 117 Å². The zero-order valence-corrected chi connectivity index (χ0v) is 10.7. The quantitative estimate of drug-likeness (QED) is 0.653. The number of carboxylic acids is 1. The number of nitro benzene ring substituents is 1. The van der Waals surface area contributed by atoms with E-state index in [0.717, 1.165) is 12.4 Å². The van der Waals surface area contributed by atoms with Gasteiger partial charge in [0.2, 0.25) is 5.88 Å². The third-order valence-electron chi connectivity index (χ3n) is 2.42. The number of non-ortho nitro benzene ring substituents is 1. The van der Waals surface area contributed by atoms with E-state index >= 15 is 0 Å². The first-order chi connectivity index (χ1) is 10.0. The summed E-state index contributed by atoms with van der Waals surface area (Å²) in [4.78, 5) is 28.2. The molecule has 2 aromatic rings. The molecule has 2 rings (SSSR count). The molecule has 0 radical (unpaired) electrons. The number of benzene rings is 1. The molecule has 9 heteroatoms. The topological polar surface area (TPSA) is 125 Å². The monoisotopic (exact) mass is 291 g/mol. The standard InChI is InChI=1S/C12H9N3O6/c1-20-10-4-7(15(18)19)2-3-9(10)21-11-6-13-8(5-14-11)12(16)17/h2-6H,1H3,(H,16,17). The highest BCUT2D eigenvalue weighted by Gasteiger charge is 2.14. The fraction of sp³-hybridized carbons (Fsp3) is 0.0833. The van der Waals surface area contributed by atoms with Gasteiger partial charge in [-0.05, 0) is 6.07 Å². The van der Waals surface area contributed by atoms with Gasteiger partial charge in [0.15, 0.2) is 17.2 Å². The maximum atomic E-state index is 10.7. The molecule has 1 heterocycles. The Kier molecular flexibility index (Phi) is 3.93. The van der Waals surface area contributed by atoms with Gasteiger partial charge in [-0.15, -0.1) is 0 Å². The minimum atomic E-state index is -1.21. The van der Waals surface area contributed by atoms with E-state index in [4.69, 9.17) is 14.6 Å². The first kappa shape index (κ1) is 14.2. The molecule has 0 aliphatic heterocycles. The van der Waals surface area contributed by atoms with Crippen LogP contribution in [0.15, 0.2) is 30.6 Å². The van der Waals surface area contributed by atoms with Crippen LogP contribution in [0.1, 0.15) is 10.5 Å². The van der Waals surface area contributed by atoms with Crippen LogP contribution in [0.2, 0.25) is 0 Å². The van der Waals surface area contributed by atoms with Crippen molar-refractivity contribution in [3.8, 4) is 17.4 Å². The number of carboxylic acid groups (broad SMARTS) is 1. The summed E-state index contributed by atoms with van der Waals surface area (Å²) in [5, 5.41) is 19.4. The Morgan fingerprint density at radius 1 is 1.29 bits per heavy atom. The molecule has 1 aromatic carbocycles. The molecule has 0 unspecified atom stereocenters. The Morgan fingerprint density at radius 3 is 2.57 bits per heavy atom. The van der Waals surface area contributed by atoms with Crippen LogP contribution in [0.3, 0.4) is 0 Å². The van der Waals surface area contributed by atoms with Gasteiger partial charge in [-0.1, -0.05) is 0 Å². The van der Waals surface area contributed by atoms with Crippen LogP contribution >= 0.6 is 0 Å². The number of aromatic nitrogens is 2. The Morgan fingerprint density at radius 2 is 2.05 bits per heavy atom. The van der Waals surface area contributed by atoms with E-state index < -0.39 is 10.9 Å². The lowest BCUT2D eigenvalue weighted by Crippen LogP contribution is -2.01. The molecule has 0 aliphatic carbocycles. The van der Waals surface area contributed by atoms with Crippen LogP contribution in [-0.4, -0.2) is 33.1 Å². The summed E-state index contributed by atoms with van der Waals surface area (Å²) in [7, 11) is 1.34. The molecule has 0 spiro atoms. The number of aromatic carboxylic acids is 1. The highest BCUT2D eigenvalue weighted by atomic mass is 16.6. The van der Waals surface area contributed by atoms with Gasteiger partial charge in [-0.25, -0.2) is 14.8 Å². The molecule has 1 N–H and O–H groups in total. The SMILES string of the molecule is COc1cc([N+](=O)[O-])ccc1Oc1cnc(C(=O)O)cn1. The number of rotatable bonds is 5. The summed E-state index contributed by atoms with van der Waals surface area (Å²) in [6.45, 7) is 0. The second-order valence-electron chi connectivity index (χ2n) is 3.74. The molecular weight excluding hydrogens is 282 g/mol.